The van der Waals surface area contributed by atoms with Crippen LogP contribution in [0.2, 0.25) is 0 Å². The summed E-state index contributed by atoms with van der Waals surface area (Å²) < 4.78 is 0. The zero-order valence-corrected chi connectivity index (χ0v) is 8.61. The van der Waals surface area contributed by atoms with E-state index in [2.05, 4.69) is 5.32 Å². The Morgan fingerprint density at radius 2 is 1.87 bits per heavy atom. The Balaban J connectivity index is 2.42. The zero-order valence-electron chi connectivity index (χ0n) is 8.61. The van der Waals surface area contributed by atoms with E-state index in [1.54, 1.807) is 0 Å². The van der Waals surface area contributed by atoms with Gasteiger partial charge in [0.05, 0.1) is 6.61 Å². The largest absolute Gasteiger partial charge is 0.480 e. The van der Waals surface area contributed by atoms with Gasteiger partial charge in [-0.15, -0.1) is 0 Å². The molecule has 1 atom stereocenters. The SMILES string of the molecule is O=C(NC(CO)C(=O)O)C1CCCCC1. The van der Waals surface area contributed by atoms with Gasteiger partial charge < -0.3 is 15.5 Å². The van der Waals surface area contributed by atoms with Crippen molar-refractivity contribution in [3.63, 3.8) is 0 Å². The van der Waals surface area contributed by atoms with Crippen molar-refractivity contribution in [1.82, 2.24) is 5.32 Å². The topological polar surface area (TPSA) is 86.6 Å². The van der Waals surface area contributed by atoms with Gasteiger partial charge in [-0.3, -0.25) is 4.79 Å². The van der Waals surface area contributed by atoms with E-state index in [4.69, 9.17) is 10.2 Å². The fourth-order valence-corrected chi connectivity index (χ4v) is 1.84. The smallest absolute Gasteiger partial charge is 0.328 e. The molecule has 0 heterocycles. The summed E-state index contributed by atoms with van der Waals surface area (Å²) in [5, 5.41) is 19.7. The molecule has 0 bridgehead atoms. The Morgan fingerprint density at radius 1 is 1.27 bits per heavy atom. The van der Waals surface area contributed by atoms with Gasteiger partial charge >= 0.3 is 5.97 Å². The molecule has 0 aromatic carbocycles. The number of carboxylic acid groups (broad SMARTS) is 1. The zero-order chi connectivity index (χ0) is 11.3. The first-order valence-corrected chi connectivity index (χ1v) is 5.29. The van der Waals surface area contributed by atoms with Gasteiger partial charge in [0.25, 0.3) is 0 Å². The molecule has 0 spiro atoms. The van der Waals surface area contributed by atoms with Crippen molar-refractivity contribution in [3.05, 3.63) is 0 Å². The van der Waals surface area contributed by atoms with Crippen LogP contribution in [0.3, 0.4) is 0 Å². The minimum absolute atomic E-state index is 0.0767. The third-order valence-electron chi connectivity index (χ3n) is 2.77. The summed E-state index contributed by atoms with van der Waals surface area (Å²) in [6.45, 7) is -0.562. The summed E-state index contributed by atoms with van der Waals surface area (Å²) in [6.07, 6.45) is 4.84. The van der Waals surface area contributed by atoms with Crippen LogP contribution in [0.1, 0.15) is 32.1 Å². The van der Waals surface area contributed by atoms with Gasteiger partial charge in [0.2, 0.25) is 5.91 Å². The minimum Gasteiger partial charge on any atom is -0.480 e. The second-order valence-electron chi connectivity index (χ2n) is 3.92. The predicted octanol–water partition coefficient (Wildman–Crippen LogP) is 0.128. The van der Waals surface area contributed by atoms with Crippen molar-refractivity contribution >= 4 is 11.9 Å². The quantitative estimate of drug-likeness (QED) is 0.622. The van der Waals surface area contributed by atoms with E-state index in [0.717, 1.165) is 32.1 Å². The first kappa shape index (κ1) is 12.0. The van der Waals surface area contributed by atoms with Crippen LogP contribution < -0.4 is 5.32 Å². The van der Waals surface area contributed by atoms with Crippen molar-refractivity contribution in [1.29, 1.82) is 0 Å². The predicted molar refractivity (Wildman–Crippen MR) is 53.2 cm³/mol. The number of rotatable bonds is 4. The molecule has 5 heteroatoms. The van der Waals surface area contributed by atoms with E-state index in [-0.39, 0.29) is 11.8 Å². The van der Waals surface area contributed by atoms with Crippen LogP contribution in [-0.2, 0) is 9.59 Å². The third kappa shape index (κ3) is 3.51. The summed E-state index contributed by atoms with van der Waals surface area (Å²) in [4.78, 5) is 22.2. The molecule has 0 aliphatic heterocycles. The summed E-state index contributed by atoms with van der Waals surface area (Å²) in [6, 6.07) is -1.17. The van der Waals surface area contributed by atoms with E-state index in [0.29, 0.717) is 0 Å². The van der Waals surface area contributed by atoms with Crippen LogP contribution in [0.15, 0.2) is 0 Å². The van der Waals surface area contributed by atoms with Crippen LogP contribution in [0, 0.1) is 5.92 Å². The monoisotopic (exact) mass is 215 g/mol. The van der Waals surface area contributed by atoms with Gasteiger partial charge in [0.1, 0.15) is 6.04 Å². The highest BCUT2D eigenvalue weighted by Gasteiger charge is 2.25. The molecule has 3 N–H and O–H groups in total. The van der Waals surface area contributed by atoms with Crippen LogP contribution in [0.4, 0.5) is 0 Å². The minimum atomic E-state index is -1.19. The molecule has 1 rings (SSSR count). The molecule has 15 heavy (non-hydrogen) atoms. The lowest BCUT2D eigenvalue weighted by atomic mass is 9.88. The van der Waals surface area contributed by atoms with Gasteiger partial charge in [-0.05, 0) is 12.8 Å². The van der Waals surface area contributed by atoms with Gasteiger partial charge in [-0.2, -0.15) is 0 Å². The number of aliphatic hydroxyl groups excluding tert-OH is 1. The van der Waals surface area contributed by atoms with E-state index >= 15 is 0 Å². The number of hydrogen-bond acceptors (Lipinski definition) is 3. The number of aliphatic hydroxyl groups is 1. The van der Waals surface area contributed by atoms with Crippen LogP contribution in [-0.4, -0.2) is 34.7 Å². The van der Waals surface area contributed by atoms with E-state index in [9.17, 15) is 9.59 Å². The second kappa shape index (κ2) is 5.70. The fraction of sp³-hybridized carbons (Fsp3) is 0.800. The second-order valence-corrected chi connectivity index (χ2v) is 3.92. The van der Waals surface area contributed by atoms with Crippen LogP contribution in [0.25, 0.3) is 0 Å². The normalized spacial score (nSPS) is 19.5. The molecule has 1 unspecified atom stereocenters. The average Bonchev–Trinajstić information content (AvgIpc) is 2.26. The van der Waals surface area contributed by atoms with Crippen LogP contribution >= 0.6 is 0 Å². The highest BCUT2D eigenvalue weighted by atomic mass is 16.4. The molecule has 0 aromatic rings. The Hall–Kier alpha value is -1.10. The fourth-order valence-electron chi connectivity index (χ4n) is 1.84. The Labute approximate surface area is 88.5 Å². The van der Waals surface area contributed by atoms with Crippen LogP contribution in [0.5, 0.6) is 0 Å². The summed E-state index contributed by atoms with van der Waals surface area (Å²) in [7, 11) is 0. The average molecular weight is 215 g/mol. The molecule has 1 fully saturated rings. The Bertz CT molecular complexity index is 236. The molecule has 1 amide bonds. The highest BCUT2D eigenvalue weighted by Crippen LogP contribution is 2.23. The molecule has 1 aliphatic carbocycles. The Morgan fingerprint density at radius 3 is 2.33 bits per heavy atom. The van der Waals surface area contributed by atoms with Gasteiger partial charge in [0.15, 0.2) is 0 Å². The lowest BCUT2D eigenvalue weighted by Crippen LogP contribution is -2.46. The number of hydrogen-bond donors (Lipinski definition) is 3. The highest BCUT2D eigenvalue weighted by molar-refractivity contribution is 5.85. The van der Waals surface area contributed by atoms with E-state index in [1.807, 2.05) is 0 Å². The number of aliphatic carboxylic acids is 1. The number of carbonyl (C=O) groups excluding carboxylic acids is 1. The molecule has 5 nitrogen and oxygen atoms in total. The summed E-state index contributed by atoms with van der Waals surface area (Å²) >= 11 is 0. The molecule has 0 aromatic heterocycles. The lowest BCUT2D eigenvalue weighted by Gasteiger charge is -2.22. The number of amides is 1. The van der Waals surface area contributed by atoms with Gasteiger partial charge in [-0.1, -0.05) is 19.3 Å². The Kier molecular flexibility index (Phi) is 4.55. The number of nitrogens with one attached hydrogen (secondary N) is 1. The number of carbonyl (C=O) groups is 2. The molecular weight excluding hydrogens is 198 g/mol. The van der Waals surface area contributed by atoms with E-state index < -0.39 is 18.6 Å². The van der Waals surface area contributed by atoms with Crippen molar-refractivity contribution < 1.29 is 19.8 Å². The van der Waals surface area contributed by atoms with Crippen molar-refractivity contribution in [2.75, 3.05) is 6.61 Å². The molecule has 86 valence electrons. The lowest BCUT2D eigenvalue weighted by molar-refractivity contribution is -0.143. The first-order valence-electron chi connectivity index (χ1n) is 5.29. The van der Waals surface area contributed by atoms with Crippen molar-refractivity contribution in [3.8, 4) is 0 Å². The van der Waals surface area contributed by atoms with Crippen molar-refractivity contribution in [2.24, 2.45) is 5.92 Å². The maximum absolute atomic E-state index is 11.6. The van der Waals surface area contributed by atoms with Gasteiger partial charge in [0, 0.05) is 5.92 Å². The molecule has 0 radical (unpaired) electrons. The maximum atomic E-state index is 11.6. The molecular formula is C10H17NO4. The summed E-state index contributed by atoms with van der Waals surface area (Å²) in [5.74, 6) is -1.51. The maximum Gasteiger partial charge on any atom is 0.328 e. The van der Waals surface area contributed by atoms with Gasteiger partial charge in [-0.25, -0.2) is 4.79 Å². The first-order chi connectivity index (χ1) is 7.15. The standard InChI is InChI=1S/C10H17NO4/c12-6-8(10(14)15)11-9(13)7-4-2-1-3-5-7/h7-8,12H,1-6H2,(H,11,13)(H,14,15). The van der Waals surface area contributed by atoms with E-state index in [1.165, 1.54) is 0 Å². The molecule has 0 saturated heterocycles. The summed E-state index contributed by atoms with van der Waals surface area (Å²) in [5.41, 5.74) is 0. The molecule has 1 aliphatic rings. The third-order valence-corrected chi connectivity index (χ3v) is 2.77. The van der Waals surface area contributed by atoms with Crippen molar-refractivity contribution in [2.45, 2.75) is 38.1 Å². The molecule has 1 saturated carbocycles. The number of carboxylic acids is 1.